The van der Waals surface area contributed by atoms with Gasteiger partial charge in [0, 0.05) is 24.0 Å². The average molecular weight is 279 g/mol. The Morgan fingerprint density at radius 3 is 2.76 bits per heavy atom. The molecular weight excluding hydrogens is 266 g/mol. The summed E-state index contributed by atoms with van der Waals surface area (Å²) in [6.07, 6.45) is 5.19. The fourth-order valence-corrected chi connectivity index (χ4v) is 2.15. The summed E-state index contributed by atoms with van der Waals surface area (Å²) in [7, 11) is 0. The van der Waals surface area contributed by atoms with Gasteiger partial charge in [-0.05, 0) is 18.2 Å². The predicted octanol–water partition coefficient (Wildman–Crippen LogP) is 1.44. The van der Waals surface area contributed by atoms with E-state index in [-0.39, 0.29) is 5.96 Å². The maximum atomic E-state index is 11.8. The summed E-state index contributed by atoms with van der Waals surface area (Å²) in [6, 6.07) is 11.4. The molecule has 2 heterocycles. The first-order valence-corrected chi connectivity index (χ1v) is 6.31. The van der Waals surface area contributed by atoms with Gasteiger partial charge in [-0.3, -0.25) is 9.78 Å². The number of pyridine rings is 1. The number of carbonyl (C=O) groups excluding carboxylic acids is 1. The van der Waals surface area contributed by atoms with Crippen LogP contribution in [-0.4, -0.2) is 21.4 Å². The summed E-state index contributed by atoms with van der Waals surface area (Å²) >= 11 is 0. The van der Waals surface area contributed by atoms with Crippen LogP contribution in [0.15, 0.2) is 60.0 Å². The van der Waals surface area contributed by atoms with Crippen molar-refractivity contribution in [1.29, 1.82) is 0 Å². The molecule has 0 unspecified atom stereocenters. The molecule has 0 atom stereocenters. The van der Waals surface area contributed by atoms with Gasteiger partial charge in [-0.15, -0.1) is 0 Å². The lowest BCUT2D eigenvalue weighted by Crippen LogP contribution is -2.24. The number of nitrogens with zero attached hydrogens (tertiary/aromatic N) is 3. The van der Waals surface area contributed by atoms with Crippen molar-refractivity contribution in [1.82, 2.24) is 9.55 Å². The van der Waals surface area contributed by atoms with Gasteiger partial charge in [-0.2, -0.15) is 4.99 Å². The number of benzene rings is 1. The number of para-hydroxylation sites is 1. The molecule has 0 aliphatic carbocycles. The number of hydrogen-bond acceptors (Lipinski definition) is 2. The van der Waals surface area contributed by atoms with E-state index in [1.807, 2.05) is 34.9 Å². The van der Waals surface area contributed by atoms with Gasteiger partial charge in [0.15, 0.2) is 5.96 Å². The highest BCUT2D eigenvalue weighted by Crippen LogP contribution is 2.20. The zero-order valence-electron chi connectivity index (χ0n) is 11.1. The number of hydrogen-bond donors (Lipinski definition) is 2. The summed E-state index contributed by atoms with van der Waals surface area (Å²) in [6.45, 7) is 0. The molecule has 0 bridgehead atoms. The van der Waals surface area contributed by atoms with Gasteiger partial charge in [0.2, 0.25) is 0 Å². The summed E-state index contributed by atoms with van der Waals surface area (Å²) in [5.41, 5.74) is 12.6. The van der Waals surface area contributed by atoms with Gasteiger partial charge in [-0.1, -0.05) is 18.2 Å². The number of guanidine groups is 1. The molecule has 0 saturated heterocycles. The van der Waals surface area contributed by atoms with Crippen LogP contribution in [0.1, 0.15) is 10.4 Å². The van der Waals surface area contributed by atoms with E-state index in [2.05, 4.69) is 9.98 Å². The molecule has 6 nitrogen and oxygen atoms in total. The third-order valence-electron chi connectivity index (χ3n) is 3.06. The van der Waals surface area contributed by atoms with Gasteiger partial charge < -0.3 is 16.0 Å². The summed E-state index contributed by atoms with van der Waals surface area (Å²) < 4.78 is 1.82. The Hall–Kier alpha value is -3.15. The number of aromatic nitrogens is 2. The van der Waals surface area contributed by atoms with Gasteiger partial charge in [0.25, 0.3) is 5.91 Å². The number of aliphatic imine (C=N–C) groups is 1. The van der Waals surface area contributed by atoms with Crippen LogP contribution in [-0.2, 0) is 0 Å². The molecule has 3 aromatic rings. The quantitative estimate of drug-likeness (QED) is 0.547. The van der Waals surface area contributed by atoms with Crippen LogP contribution in [0.5, 0.6) is 0 Å². The third kappa shape index (κ3) is 2.46. The van der Waals surface area contributed by atoms with Crippen LogP contribution in [0.4, 0.5) is 0 Å². The summed E-state index contributed by atoms with van der Waals surface area (Å²) in [5.74, 6) is -0.721. The van der Waals surface area contributed by atoms with Crippen molar-refractivity contribution < 1.29 is 4.79 Å². The van der Waals surface area contributed by atoms with Gasteiger partial charge >= 0.3 is 0 Å². The van der Waals surface area contributed by atoms with E-state index in [1.165, 1.54) is 0 Å². The molecule has 104 valence electrons. The zero-order valence-corrected chi connectivity index (χ0v) is 11.1. The normalized spacial score (nSPS) is 10.5. The molecule has 3 rings (SSSR count). The van der Waals surface area contributed by atoms with E-state index >= 15 is 0 Å². The number of amides is 1. The highest BCUT2D eigenvalue weighted by Gasteiger charge is 2.09. The van der Waals surface area contributed by atoms with Crippen LogP contribution in [0, 0.1) is 0 Å². The standard InChI is InChI=1S/C15H13N5O/c16-15(17)19-14(21)11-6-8-20(9-11)12-5-1-3-10-4-2-7-18-13(10)12/h1-9H,(H4,16,17,19,21). The predicted molar refractivity (Wildman–Crippen MR) is 81.2 cm³/mol. The highest BCUT2D eigenvalue weighted by atomic mass is 16.1. The average Bonchev–Trinajstić information content (AvgIpc) is 2.95. The van der Waals surface area contributed by atoms with Gasteiger partial charge in [0.05, 0.1) is 16.8 Å². The Morgan fingerprint density at radius 1 is 1.14 bits per heavy atom. The maximum Gasteiger partial charge on any atom is 0.281 e. The monoisotopic (exact) mass is 279 g/mol. The molecule has 0 radical (unpaired) electrons. The molecule has 0 aliphatic rings. The lowest BCUT2D eigenvalue weighted by molar-refractivity contribution is 0.100. The van der Waals surface area contributed by atoms with Crippen molar-refractivity contribution in [3.63, 3.8) is 0 Å². The second-order valence-electron chi connectivity index (χ2n) is 4.50. The molecule has 6 heteroatoms. The first-order valence-electron chi connectivity index (χ1n) is 6.31. The third-order valence-corrected chi connectivity index (χ3v) is 3.06. The van der Waals surface area contributed by atoms with Crippen LogP contribution in [0.3, 0.4) is 0 Å². The molecule has 1 amide bonds. The molecule has 4 N–H and O–H groups in total. The molecule has 21 heavy (non-hydrogen) atoms. The topological polar surface area (TPSA) is 99.3 Å². The molecule has 0 saturated carbocycles. The van der Waals surface area contributed by atoms with Crippen LogP contribution in [0.2, 0.25) is 0 Å². The minimum atomic E-state index is -0.470. The summed E-state index contributed by atoms with van der Waals surface area (Å²) in [5, 5.41) is 1.03. The van der Waals surface area contributed by atoms with Crippen molar-refractivity contribution in [2.75, 3.05) is 0 Å². The lowest BCUT2D eigenvalue weighted by atomic mass is 10.2. The minimum Gasteiger partial charge on any atom is -0.370 e. The second-order valence-corrected chi connectivity index (χ2v) is 4.50. The Balaban J connectivity index is 2.07. The van der Waals surface area contributed by atoms with E-state index in [0.29, 0.717) is 5.56 Å². The van der Waals surface area contributed by atoms with Crippen LogP contribution < -0.4 is 11.5 Å². The largest absolute Gasteiger partial charge is 0.370 e. The fraction of sp³-hybridized carbons (Fsp3) is 0. The minimum absolute atomic E-state index is 0.250. The number of fused-ring (bicyclic) bond motifs is 1. The molecular formula is C15H13N5O. The second kappa shape index (κ2) is 5.09. The Morgan fingerprint density at radius 2 is 1.95 bits per heavy atom. The summed E-state index contributed by atoms with van der Waals surface area (Å²) in [4.78, 5) is 19.7. The van der Waals surface area contributed by atoms with E-state index in [4.69, 9.17) is 11.5 Å². The maximum absolute atomic E-state index is 11.8. The number of carbonyl (C=O) groups is 1. The Labute approximate surface area is 120 Å². The fourth-order valence-electron chi connectivity index (χ4n) is 2.15. The van der Waals surface area contributed by atoms with E-state index in [0.717, 1.165) is 16.6 Å². The molecule has 0 fully saturated rings. The van der Waals surface area contributed by atoms with Crippen molar-refractivity contribution in [3.05, 3.63) is 60.6 Å². The van der Waals surface area contributed by atoms with E-state index in [9.17, 15) is 4.79 Å². The first kappa shape index (κ1) is 12.9. The van der Waals surface area contributed by atoms with Crippen molar-refractivity contribution in [2.45, 2.75) is 0 Å². The van der Waals surface area contributed by atoms with Crippen molar-refractivity contribution in [2.24, 2.45) is 16.5 Å². The number of rotatable bonds is 2. The van der Waals surface area contributed by atoms with Crippen LogP contribution in [0.25, 0.3) is 16.6 Å². The zero-order chi connectivity index (χ0) is 14.8. The van der Waals surface area contributed by atoms with Crippen molar-refractivity contribution >= 4 is 22.8 Å². The highest BCUT2D eigenvalue weighted by molar-refractivity contribution is 6.02. The van der Waals surface area contributed by atoms with E-state index in [1.54, 1.807) is 24.7 Å². The molecule has 0 aliphatic heterocycles. The van der Waals surface area contributed by atoms with Gasteiger partial charge in [-0.25, -0.2) is 0 Å². The Kier molecular flexibility index (Phi) is 3.12. The van der Waals surface area contributed by atoms with Crippen LogP contribution >= 0.6 is 0 Å². The molecule has 0 spiro atoms. The molecule has 1 aromatic carbocycles. The van der Waals surface area contributed by atoms with Gasteiger partial charge in [0.1, 0.15) is 0 Å². The smallest absolute Gasteiger partial charge is 0.281 e. The number of nitrogens with two attached hydrogens (primary N) is 2. The SMILES string of the molecule is NC(N)=NC(=O)c1ccn(-c2cccc3cccnc23)c1. The lowest BCUT2D eigenvalue weighted by Gasteiger charge is -2.06. The van der Waals surface area contributed by atoms with Crippen molar-refractivity contribution in [3.8, 4) is 5.69 Å². The van der Waals surface area contributed by atoms with E-state index < -0.39 is 5.91 Å². The Bertz CT molecular complexity index is 841. The first-order chi connectivity index (χ1) is 10.1. The molecule has 2 aromatic heterocycles.